The number of carboxylic acids is 1. The summed E-state index contributed by atoms with van der Waals surface area (Å²) in [6.07, 6.45) is 0. The van der Waals surface area contributed by atoms with Gasteiger partial charge in [-0.3, -0.25) is 0 Å². The molecule has 0 heterocycles. The standard InChI is InChI=1S/C15H15NO4S/c1-11-3-2-4-12(9-11)10-16-21(19,20)14-7-5-13(6-8-14)15(17)18/h2-9,16H,10H2,1H3,(H,17,18). The summed E-state index contributed by atoms with van der Waals surface area (Å²) in [5.74, 6) is -1.09. The fourth-order valence-electron chi connectivity index (χ4n) is 1.86. The summed E-state index contributed by atoms with van der Waals surface area (Å²) < 4.78 is 26.7. The lowest BCUT2D eigenvalue weighted by molar-refractivity contribution is 0.0696. The minimum atomic E-state index is -3.66. The summed E-state index contributed by atoms with van der Waals surface area (Å²) in [5, 5.41) is 8.79. The maximum atomic E-state index is 12.1. The Bertz CT molecular complexity index is 751. The normalized spacial score (nSPS) is 11.3. The molecule has 0 atom stereocenters. The van der Waals surface area contributed by atoms with Crippen LogP contribution in [0.5, 0.6) is 0 Å². The first-order valence-corrected chi connectivity index (χ1v) is 7.75. The molecule has 21 heavy (non-hydrogen) atoms. The van der Waals surface area contributed by atoms with Gasteiger partial charge in [-0.25, -0.2) is 17.9 Å². The Balaban J connectivity index is 2.13. The first-order chi connectivity index (χ1) is 9.88. The van der Waals surface area contributed by atoms with Crippen molar-refractivity contribution in [2.24, 2.45) is 0 Å². The lowest BCUT2D eigenvalue weighted by Crippen LogP contribution is -2.23. The van der Waals surface area contributed by atoms with Crippen molar-refractivity contribution < 1.29 is 18.3 Å². The molecule has 2 aromatic carbocycles. The molecule has 0 aliphatic rings. The van der Waals surface area contributed by atoms with E-state index in [2.05, 4.69) is 4.72 Å². The second-order valence-corrected chi connectivity index (χ2v) is 6.41. The predicted molar refractivity (Wildman–Crippen MR) is 78.6 cm³/mol. The Morgan fingerprint density at radius 3 is 2.38 bits per heavy atom. The quantitative estimate of drug-likeness (QED) is 0.887. The first-order valence-electron chi connectivity index (χ1n) is 6.27. The van der Waals surface area contributed by atoms with Gasteiger partial charge in [0.2, 0.25) is 10.0 Å². The van der Waals surface area contributed by atoms with Gasteiger partial charge in [0.15, 0.2) is 0 Å². The van der Waals surface area contributed by atoms with Crippen LogP contribution in [0.15, 0.2) is 53.4 Å². The molecule has 0 radical (unpaired) electrons. The van der Waals surface area contributed by atoms with Gasteiger partial charge >= 0.3 is 5.97 Å². The Labute approximate surface area is 123 Å². The summed E-state index contributed by atoms with van der Waals surface area (Å²) in [6.45, 7) is 2.12. The minimum absolute atomic E-state index is 0.0418. The molecule has 0 aromatic heterocycles. The number of hydrogen-bond donors (Lipinski definition) is 2. The van der Waals surface area contributed by atoms with Gasteiger partial charge in [0.1, 0.15) is 0 Å². The molecule has 110 valence electrons. The number of carbonyl (C=O) groups is 1. The fraction of sp³-hybridized carbons (Fsp3) is 0.133. The van der Waals surface area contributed by atoms with Crippen molar-refractivity contribution >= 4 is 16.0 Å². The first kappa shape index (κ1) is 15.2. The minimum Gasteiger partial charge on any atom is -0.478 e. The molecule has 5 nitrogen and oxygen atoms in total. The molecule has 0 amide bonds. The van der Waals surface area contributed by atoms with Crippen LogP contribution in [-0.2, 0) is 16.6 Å². The topological polar surface area (TPSA) is 83.5 Å². The van der Waals surface area contributed by atoms with Crippen LogP contribution in [0.25, 0.3) is 0 Å². The van der Waals surface area contributed by atoms with Crippen LogP contribution in [-0.4, -0.2) is 19.5 Å². The Morgan fingerprint density at radius 2 is 1.81 bits per heavy atom. The van der Waals surface area contributed by atoms with Gasteiger partial charge in [0, 0.05) is 6.54 Å². The molecule has 0 fully saturated rings. The van der Waals surface area contributed by atoms with E-state index in [4.69, 9.17) is 5.11 Å². The van der Waals surface area contributed by atoms with Crippen LogP contribution in [0.1, 0.15) is 21.5 Å². The van der Waals surface area contributed by atoms with E-state index in [0.29, 0.717) is 0 Å². The van der Waals surface area contributed by atoms with Gasteiger partial charge in [-0.1, -0.05) is 29.8 Å². The highest BCUT2D eigenvalue weighted by molar-refractivity contribution is 7.89. The number of sulfonamides is 1. The predicted octanol–water partition coefficient (Wildman–Crippen LogP) is 2.17. The molecular weight excluding hydrogens is 290 g/mol. The van der Waals surface area contributed by atoms with Gasteiger partial charge in [-0.2, -0.15) is 0 Å². The summed E-state index contributed by atoms with van der Waals surface area (Å²) in [5.41, 5.74) is 1.96. The number of carboxylic acid groups (broad SMARTS) is 1. The van der Waals surface area contributed by atoms with E-state index in [1.165, 1.54) is 24.3 Å². The monoisotopic (exact) mass is 305 g/mol. The maximum Gasteiger partial charge on any atom is 0.335 e. The number of hydrogen-bond acceptors (Lipinski definition) is 3. The molecule has 0 aliphatic carbocycles. The summed E-state index contributed by atoms with van der Waals surface area (Å²) in [7, 11) is -3.66. The van der Waals surface area contributed by atoms with Gasteiger partial charge in [0.05, 0.1) is 10.5 Å². The lowest BCUT2D eigenvalue weighted by Gasteiger charge is -2.07. The second kappa shape index (κ2) is 6.07. The van der Waals surface area contributed by atoms with E-state index in [1.54, 1.807) is 0 Å². The fourth-order valence-corrected chi connectivity index (χ4v) is 2.88. The molecule has 2 rings (SSSR count). The largest absolute Gasteiger partial charge is 0.478 e. The highest BCUT2D eigenvalue weighted by Gasteiger charge is 2.14. The average Bonchev–Trinajstić information content (AvgIpc) is 2.45. The molecule has 0 spiro atoms. The summed E-state index contributed by atoms with van der Waals surface area (Å²) in [6, 6.07) is 12.6. The highest BCUT2D eigenvalue weighted by atomic mass is 32.2. The SMILES string of the molecule is Cc1cccc(CNS(=O)(=O)c2ccc(C(=O)O)cc2)c1. The zero-order valence-electron chi connectivity index (χ0n) is 11.4. The molecule has 0 bridgehead atoms. The number of aryl methyl sites for hydroxylation is 1. The Hall–Kier alpha value is -2.18. The van der Waals surface area contributed by atoms with E-state index in [0.717, 1.165) is 11.1 Å². The number of aromatic carboxylic acids is 1. The van der Waals surface area contributed by atoms with Crippen LogP contribution in [0.4, 0.5) is 0 Å². The van der Waals surface area contributed by atoms with Crippen molar-refractivity contribution in [3.05, 3.63) is 65.2 Å². The maximum absolute atomic E-state index is 12.1. The Kier molecular flexibility index (Phi) is 4.40. The third kappa shape index (κ3) is 3.90. The zero-order chi connectivity index (χ0) is 15.5. The van der Waals surface area contributed by atoms with E-state index < -0.39 is 16.0 Å². The van der Waals surface area contributed by atoms with E-state index >= 15 is 0 Å². The third-order valence-corrected chi connectivity index (χ3v) is 4.38. The second-order valence-electron chi connectivity index (χ2n) is 4.64. The van der Waals surface area contributed by atoms with Crippen LogP contribution >= 0.6 is 0 Å². The van der Waals surface area contributed by atoms with Crippen molar-refractivity contribution in [3.8, 4) is 0 Å². The van der Waals surface area contributed by atoms with Crippen molar-refractivity contribution in [2.75, 3.05) is 0 Å². The van der Waals surface area contributed by atoms with Crippen molar-refractivity contribution in [1.29, 1.82) is 0 Å². The van der Waals surface area contributed by atoms with E-state index in [9.17, 15) is 13.2 Å². The molecule has 2 N–H and O–H groups in total. The molecule has 0 saturated carbocycles. The van der Waals surface area contributed by atoms with E-state index in [1.807, 2.05) is 31.2 Å². The third-order valence-electron chi connectivity index (χ3n) is 2.96. The molecule has 0 unspecified atom stereocenters. The van der Waals surface area contributed by atoms with Gasteiger partial charge in [0.25, 0.3) is 0 Å². The van der Waals surface area contributed by atoms with E-state index in [-0.39, 0.29) is 17.0 Å². The average molecular weight is 305 g/mol. The molecular formula is C15H15NO4S. The number of rotatable bonds is 5. The molecule has 6 heteroatoms. The molecule has 0 saturated heterocycles. The van der Waals surface area contributed by atoms with Gasteiger partial charge in [-0.15, -0.1) is 0 Å². The summed E-state index contributed by atoms with van der Waals surface area (Å²) >= 11 is 0. The van der Waals surface area contributed by atoms with Gasteiger partial charge < -0.3 is 5.11 Å². The van der Waals surface area contributed by atoms with Crippen molar-refractivity contribution in [1.82, 2.24) is 4.72 Å². The number of nitrogens with one attached hydrogen (secondary N) is 1. The smallest absolute Gasteiger partial charge is 0.335 e. The van der Waals surface area contributed by atoms with Crippen LogP contribution < -0.4 is 4.72 Å². The molecule has 0 aliphatic heterocycles. The Morgan fingerprint density at radius 1 is 1.14 bits per heavy atom. The number of benzene rings is 2. The van der Waals surface area contributed by atoms with Crippen LogP contribution in [0.2, 0.25) is 0 Å². The van der Waals surface area contributed by atoms with Gasteiger partial charge in [-0.05, 0) is 36.8 Å². The lowest BCUT2D eigenvalue weighted by atomic mass is 10.1. The zero-order valence-corrected chi connectivity index (χ0v) is 12.2. The van der Waals surface area contributed by atoms with Crippen LogP contribution in [0.3, 0.4) is 0 Å². The van der Waals surface area contributed by atoms with Crippen LogP contribution in [0, 0.1) is 6.92 Å². The summed E-state index contributed by atoms with van der Waals surface area (Å²) in [4.78, 5) is 10.8. The van der Waals surface area contributed by atoms with Crippen molar-refractivity contribution in [3.63, 3.8) is 0 Å². The van der Waals surface area contributed by atoms with Crippen molar-refractivity contribution in [2.45, 2.75) is 18.4 Å². The molecule has 2 aromatic rings. The highest BCUT2D eigenvalue weighted by Crippen LogP contribution is 2.12.